The highest BCUT2D eigenvalue weighted by Crippen LogP contribution is 2.70. The monoisotopic (exact) mass is 477 g/mol. The predicted molar refractivity (Wildman–Crippen MR) is 121 cm³/mol. The summed E-state index contributed by atoms with van der Waals surface area (Å²) >= 11 is 0. The van der Waals surface area contributed by atoms with Gasteiger partial charge in [0, 0.05) is 30.6 Å². The molecular weight excluding hydrogens is 442 g/mol. The average Bonchev–Trinajstić information content (AvgIpc) is 3.50. The molecule has 6 rings (SSSR count). The lowest BCUT2D eigenvalue weighted by atomic mass is 9.42. The predicted octanol–water partition coefficient (Wildman–Crippen LogP) is 2.15. The van der Waals surface area contributed by atoms with Gasteiger partial charge in [-0.1, -0.05) is 5.16 Å². The van der Waals surface area contributed by atoms with Gasteiger partial charge in [-0.15, -0.1) is 0 Å². The normalized spacial score (nSPS) is 39.8. The second-order valence-electron chi connectivity index (χ2n) is 11.2. The Hall–Kier alpha value is -1.45. The Morgan fingerprint density at radius 3 is 2.42 bits per heavy atom. The molecule has 1 heterocycles. The average molecular weight is 478 g/mol. The lowest BCUT2D eigenvalue weighted by Gasteiger charge is -2.70. The maximum absolute atomic E-state index is 13.7. The molecule has 0 radical (unpaired) electrons. The van der Waals surface area contributed by atoms with E-state index in [4.69, 9.17) is 9.63 Å². The van der Waals surface area contributed by atoms with E-state index in [0.29, 0.717) is 36.0 Å². The molecule has 5 fully saturated rings. The zero-order chi connectivity index (χ0) is 22.8. The SMILES string of the molecule is O=C(NC1C[C@@H]2CC3(S(=O)(=O)C4CCC(NCCO)CC4)C[C@H](C1)C23)c1cc(C2CC2)on1. The van der Waals surface area contributed by atoms with Gasteiger partial charge in [0.2, 0.25) is 0 Å². The summed E-state index contributed by atoms with van der Waals surface area (Å²) in [6, 6.07) is 2.20. The summed E-state index contributed by atoms with van der Waals surface area (Å²) in [4.78, 5) is 12.7. The summed E-state index contributed by atoms with van der Waals surface area (Å²) in [5, 5.41) is 19.2. The van der Waals surface area contributed by atoms with Gasteiger partial charge < -0.3 is 20.3 Å². The van der Waals surface area contributed by atoms with E-state index in [2.05, 4.69) is 15.8 Å². The number of sulfone groups is 1. The summed E-state index contributed by atoms with van der Waals surface area (Å²) < 4.78 is 32.2. The number of amides is 1. The van der Waals surface area contributed by atoms with E-state index in [1.807, 2.05) is 0 Å². The summed E-state index contributed by atoms with van der Waals surface area (Å²) in [5.74, 6) is 2.17. The number of aromatic nitrogens is 1. The Balaban J connectivity index is 1.04. The molecule has 3 unspecified atom stereocenters. The van der Waals surface area contributed by atoms with Crippen LogP contribution in [0.4, 0.5) is 0 Å². The van der Waals surface area contributed by atoms with Gasteiger partial charge in [-0.3, -0.25) is 4.79 Å². The molecule has 33 heavy (non-hydrogen) atoms. The van der Waals surface area contributed by atoms with Crippen molar-refractivity contribution in [2.75, 3.05) is 13.2 Å². The first kappa shape index (κ1) is 22.0. The molecule has 1 aromatic rings. The smallest absolute Gasteiger partial charge is 0.273 e. The fourth-order valence-corrected chi connectivity index (χ4v) is 10.9. The number of carbonyl (C=O) groups excluding carboxylic acids is 1. The van der Waals surface area contributed by atoms with Crippen LogP contribution in [0, 0.1) is 17.8 Å². The van der Waals surface area contributed by atoms with E-state index in [9.17, 15) is 13.2 Å². The molecule has 1 amide bonds. The van der Waals surface area contributed by atoms with Gasteiger partial charge in [0.1, 0.15) is 5.76 Å². The third-order valence-electron chi connectivity index (χ3n) is 9.31. The van der Waals surface area contributed by atoms with Crippen LogP contribution in [0.1, 0.15) is 86.4 Å². The summed E-state index contributed by atoms with van der Waals surface area (Å²) in [7, 11) is -3.14. The maximum Gasteiger partial charge on any atom is 0.273 e. The number of hydrogen-bond acceptors (Lipinski definition) is 7. The van der Waals surface area contributed by atoms with Gasteiger partial charge in [0.05, 0.1) is 16.6 Å². The first-order chi connectivity index (χ1) is 15.9. The van der Waals surface area contributed by atoms with Crippen molar-refractivity contribution in [2.45, 2.75) is 92.2 Å². The van der Waals surface area contributed by atoms with E-state index in [-0.39, 0.29) is 29.7 Å². The van der Waals surface area contributed by atoms with Crippen molar-refractivity contribution < 1.29 is 22.8 Å². The Labute approximate surface area is 195 Å². The molecule has 9 heteroatoms. The van der Waals surface area contributed by atoms with E-state index >= 15 is 0 Å². The van der Waals surface area contributed by atoms with Gasteiger partial charge >= 0.3 is 0 Å². The van der Waals surface area contributed by atoms with E-state index < -0.39 is 14.6 Å². The molecule has 1 aromatic heterocycles. The van der Waals surface area contributed by atoms with E-state index in [0.717, 1.165) is 70.0 Å². The minimum Gasteiger partial charge on any atom is -0.395 e. The number of carbonyl (C=O) groups is 1. The molecule has 0 bridgehead atoms. The summed E-state index contributed by atoms with van der Waals surface area (Å²) in [5.41, 5.74) is 0.363. The van der Waals surface area contributed by atoms with E-state index in [1.165, 1.54) is 0 Å². The molecule has 5 aliphatic carbocycles. The van der Waals surface area contributed by atoms with Crippen LogP contribution in [0.3, 0.4) is 0 Å². The molecule has 3 N–H and O–H groups in total. The van der Waals surface area contributed by atoms with Gasteiger partial charge in [-0.25, -0.2) is 8.42 Å². The second-order valence-corrected chi connectivity index (χ2v) is 13.8. The maximum atomic E-state index is 13.7. The molecule has 8 nitrogen and oxygen atoms in total. The van der Waals surface area contributed by atoms with Crippen molar-refractivity contribution in [1.29, 1.82) is 0 Å². The highest BCUT2D eigenvalue weighted by molar-refractivity contribution is 7.93. The van der Waals surface area contributed by atoms with Gasteiger partial charge in [0.15, 0.2) is 15.5 Å². The van der Waals surface area contributed by atoms with Crippen LogP contribution in [0.2, 0.25) is 0 Å². The number of nitrogens with one attached hydrogen (secondary N) is 2. The zero-order valence-electron chi connectivity index (χ0n) is 19.0. The van der Waals surface area contributed by atoms with Crippen molar-refractivity contribution in [3.63, 3.8) is 0 Å². The van der Waals surface area contributed by atoms with Crippen molar-refractivity contribution in [3.8, 4) is 0 Å². The Morgan fingerprint density at radius 2 is 1.79 bits per heavy atom. The third kappa shape index (κ3) is 3.57. The third-order valence-corrected chi connectivity index (χ3v) is 12.4. The Kier molecular flexibility index (Phi) is 5.38. The van der Waals surface area contributed by atoms with Gasteiger partial charge in [-0.05, 0) is 82.0 Å². The molecule has 0 aromatic carbocycles. The largest absolute Gasteiger partial charge is 0.395 e. The molecule has 182 valence electrons. The number of rotatable bonds is 8. The van der Waals surface area contributed by atoms with Crippen molar-refractivity contribution in [2.24, 2.45) is 17.8 Å². The molecule has 5 aliphatic rings. The van der Waals surface area contributed by atoms with Crippen LogP contribution in [0.25, 0.3) is 0 Å². The topological polar surface area (TPSA) is 122 Å². The van der Waals surface area contributed by atoms with Crippen LogP contribution in [-0.2, 0) is 9.84 Å². The van der Waals surface area contributed by atoms with E-state index in [1.54, 1.807) is 6.07 Å². The van der Waals surface area contributed by atoms with Crippen molar-refractivity contribution in [3.05, 3.63) is 17.5 Å². The first-order valence-corrected chi connectivity index (χ1v) is 14.3. The summed E-state index contributed by atoms with van der Waals surface area (Å²) in [6.07, 6.45) is 8.69. The minimum atomic E-state index is -3.14. The lowest BCUT2D eigenvalue weighted by Crippen LogP contribution is -2.74. The summed E-state index contributed by atoms with van der Waals surface area (Å²) in [6.45, 7) is 0.695. The van der Waals surface area contributed by atoms with Gasteiger partial charge in [-0.2, -0.15) is 0 Å². The fraction of sp³-hybridized carbons (Fsp3) is 0.833. The van der Waals surface area contributed by atoms with Crippen LogP contribution in [-0.4, -0.2) is 59.8 Å². The second kappa shape index (κ2) is 8.05. The lowest BCUT2D eigenvalue weighted by molar-refractivity contribution is -0.106. The molecule has 0 aliphatic heterocycles. The molecule has 5 saturated carbocycles. The molecule has 0 saturated heterocycles. The highest BCUT2D eigenvalue weighted by Gasteiger charge is 2.73. The Bertz CT molecular complexity index is 995. The van der Waals surface area contributed by atoms with Crippen LogP contribution >= 0.6 is 0 Å². The molecule has 5 atom stereocenters. The number of hydrogen-bond donors (Lipinski definition) is 3. The van der Waals surface area contributed by atoms with Crippen LogP contribution in [0.5, 0.6) is 0 Å². The quantitative estimate of drug-likeness (QED) is 0.524. The minimum absolute atomic E-state index is 0.0962. The standard InChI is InChI=1S/C24H35N3O5S/c28-8-7-25-17-3-5-19(6-4-17)33(30,31)24-12-15-9-18(10-16(13-24)22(15)24)26-23(29)20-11-21(32-27-20)14-1-2-14/h11,14-19,22,25,28H,1-10,12-13H2,(H,26,29)/t15-,16+,17?,18?,19?,22?,24?. The fourth-order valence-electron chi connectivity index (χ4n) is 7.64. The number of aliphatic hydroxyl groups excluding tert-OH is 1. The molecule has 0 spiro atoms. The number of nitrogens with zero attached hydrogens (tertiary/aromatic N) is 1. The van der Waals surface area contributed by atoms with Crippen LogP contribution < -0.4 is 10.6 Å². The van der Waals surface area contributed by atoms with Crippen molar-refractivity contribution in [1.82, 2.24) is 15.8 Å². The molecular formula is C24H35N3O5S. The van der Waals surface area contributed by atoms with Crippen LogP contribution in [0.15, 0.2) is 10.6 Å². The first-order valence-electron chi connectivity index (χ1n) is 12.8. The highest BCUT2D eigenvalue weighted by atomic mass is 32.2. The van der Waals surface area contributed by atoms with Crippen molar-refractivity contribution >= 4 is 15.7 Å². The Morgan fingerprint density at radius 1 is 1.09 bits per heavy atom. The number of aliphatic hydroxyl groups is 1. The zero-order valence-corrected chi connectivity index (χ0v) is 19.9. The van der Waals surface area contributed by atoms with Gasteiger partial charge in [0.25, 0.3) is 5.91 Å².